The largest absolute Gasteiger partial charge is 0.357 e. The van der Waals surface area contributed by atoms with E-state index in [-0.39, 0.29) is 11.6 Å². The van der Waals surface area contributed by atoms with Gasteiger partial charge in [-0.3, -0.25) is 4.79 Å². The fraction of sp³-hybridized carbons (Fsp3) is 0.350. The Hall–Kier alpha value is -3.24. The molecule has 2 N–H and O–H groups in total. The van der Waals surface area contributed by atoms with Crippen LogP contribution in [0.15, 0.2) is 41.7 Å². The van der Waals surface area contributed by atoms with E-state index < -0.39 is 0 Å². The van der Waals surface area contributed by atoms with Gasteiger partial charge in [0.15, 0.2) is 17.3 Å². The Morgan fingerprint density at radius 2 is 2.13 bits per heavy atom. The van der Waals surface area contributed by atoms with E-state index in [1.54, 1.807) is 33.7 Å². The highest BCUT2D eigenvalue weighted by Crippen LogP contribution is 2.23. The molecule has 1 aliphatic rings. The molecular weight excluding hydrogens is 418 g/mol. The maximum Gasteiger partial charge on any atom is 0.281 e. The van der Waals surface area contributed by atoms with Crippen LogP contribution in [0.2, 0.25) is 5.02 Å². The molecule has 5 rings (SSSR count). The molecule has 1 aliphatic heterocycles. The molecule has 1 saturated heterocycles. The van der Waals surface area contributed by atoms with E-state index in [1.165, 1.54) is 6.33 Å². The Bertz CT molecular complexity index is 1290. The van der Waals surface area contributed by atoms with E-state index in [1.807, 2.05) is 18.0 Å². The van der Waals surface area contributed by atoms with Crippen LogP contribution in [0.5, 0.6) is 0 Å². The standard InChI is InChI=1S/C20H22ClN9O/c1-13(26-17-19-23-8-11-29(19)25-12-24-17)18-27-15-5-2-4-14(21)16(15)20(31)30(18)28-9-3-6-22-7-10-28/h2,4-5,8,11-13,22H,3,6-7,9-10H2,1H3,(H,24,25,26). The third-order valence-corrected chi connectivity index (χ3v) is 5.70. The van der Waals surface area contributed by atoms with Crippen LogP contribution in [0.25, 0.3) is 16.6 Å². The number of fused-ring (bicyclic) bond motifs is 2. The lowest BCUT2D eigenvalue weighted by Crippen LogP contribution is -2.47. The summed E-state index contributed by atoms with van der Waals surface area (Å²) in [5, 5.41) is 13.7. The normalized spacial score (nSPS) is 15.9. The number of halogens is 1. The van der Waals surface area contributed by atoms with Crippen LogP contribution < -0.4 is 21.2 Å². The first-order chi connectivity index (χ1) is 15.1. The SMILES string of the molecule is CC(Nc1ncnn2ccnc12)c1nc2cccc(Cl)c2c(=O)n1N1CCCNCC1. The van der Waals surface area contributed by atoms with Crippen molar-refractivity contribution in [1.82, 2.24) is 34.6 Å². The third-order valence-electron chi connectivity index (χ3n) is 5.39. The lowest BCUT2D eigenvalue weighted by Gasteiger charge is -2.29. The number of hydrogen-bond acceptors (Lipinski definition) is 8. The van der Waals surface area contributed by atoms with E-state index in [2.05, 4.69) is 25.7 Å². The second-order valence-electron chi connectivity index (χ2n) is 7.45. The number of benzene rings is 1. The molecule has 1 atom stereocenters. The van der Waals surface area contributed by atoms with Crippen LogP contribution in [0.1, 0.15) is 25.2 Å². The van der Waals surface area contributed by atoms with Gasteiger partial charge >= 0.3 is 0 Å². The van der Waals surface area contributed by atoms with Gasteiger partial charge in [-0.05, 0) is 32.0 Å². The van der Waals surface area contributed by atoms with E-state index >= 15 is 0 Å². The first kappa shape index (κ1) is 19.7. The number of anilines is 1. The van der Waals surface area contributed by atoms with E-state index in [9.17, 15) is 4.79 Å². The summed E-state index contributed by atoms with van der Waals surface area (Å²) in [7, 11) is 0. The molecule has 0 spiro atoms. The molecule has 4 aromatic rings. The minimum absolute atomic E-state index is 0.171. The first-order valence-corrected chi connectivity index (χ1v) is 10.6. The van der Waals surface area contributed by atoms with Gasteiger partial charge in [-0.2, -0.15) is 5.10 Å². The van der Waals surface area contributed by atoms with Crippen molar-refractivity contribution in [2.24, 2.45) is 0 Å². The molecule has 0 amide bonds. The highest BCUT2D eigenvalue weighted by Gasteiger charge is 2.23. The Morgan fingerprint density at radius 1 is 1.23 bits per heavy atom. The van der Waals surface area contributed by atoms with Crippen molar-refractivity contribution in [1.29, 1.82) is 0 Å². The van der Waals surface area contributed by atoms with Crippen molar-refractivity contribution >= 4 is 34.0 Å². The molecule has 0 bridgehead atoms. The van der Waals surface area contributed by atoms with Crippen LogP contribution in [-0.2, 0) is 0 Å². The molecule has 1 aromatic carbocycles. The molecule has 0 radical (unpaired) electrons. The molecule has 0 aliphatic carbocycles. The summed E-state index contributed by atoms with van der Waals surface area (Å²) >= 11 is 6.39. The topological polar surface area (TPSA) is 105 Å². The summed E-state index contributed by atoms with van der Waals surface area (Å²) in [6.45, 7) is 5.08. The minimum atomic E-state index is -0.331. The maximum atomic E-state index is 13.6. The Morgan fingerprint density at radius 3 is 3.03 bits per heavy atom. The smallest absolute Gasteiger partial charge is 0.281 e. The third kappa shape index (κ3) is 3.57. The second kappa shape index (κ2) is 8.12. The van der Waals surface area contributed by atoms with E-state index in [0.717, 1.165) is 26.1 Å². The monoisotopic (exact) mass is 439 g/mol. The summed E-state index contributed by atoms with van der Waals surface area (Å²) in [4.78, 5) is 27.1. The summed E-state index contributed by atoms with van der Waals surface area (Å²) in [5.41, 5.74) is 1.000. The van der Waals surface area contributed by atoms with Crippen molar-refractivity contribution in [3.8, 4) is 0 Å². The molecule has 0 saturated carbocycles. The number of rotatable bonds is 4. The molecule has 4 heterocycles. The molecule has 11 heteroatoms. The first-order valence-electron chi connectivity index (χ1n) is 10.2. The predicted molar refractivity (Wildman–Crippen MR) is 119 cm³/mol. The lowest BCUT2D eigenvalue weighted by atomic mass is 10.2. The van der Waals surface area contributed by atoms with Crippen molar-refractivity contribution < 1.29 is 0 Å². The summed E-state index contributed by atoms with van der Waals surface area (Å²) in [6, 6.07) is 5.00. The maximum absolute atomic E-state index is 13.6. The van der Waals surface area contributed by atoms with Crippen LogP contribution in [0.3, 0.4) is 0 Å². The Labute approximate surface area is 182 Å². The summed E-state index contributed by atoms with van der Waals surface area (Å²) in [6.07, 6.45) is 5.80. The van der Waals surface area contributed by atoms with Gasteiger partial charge in [0.05, 0.1) is 22.0 Å². The van der Waals surface area contributed by atoms with Gasteiger partial charge in [0.2, 0.25) is 0 Å². The highest BCUT2D eigenvalue weighted by molar-refractivity contribution is 6.35. The average molecular weight is 440 g/mol. The Kier molecular flexibility index (Phi) is 5.16. The fourth-order valence-corrected chi connectivity index (χ4v) is 4.16. The van der Waals surface area contributed by atoms with Gasteiger partial charge in [-0.25, -0.2) is 24.1 Å². The number of hydrogen-bond donors (Lipinski definition) is 2. The highest BCUT2D eigenvalue weighted by atomic mass is 35.5. The van der Waals surface area contributed by atoms with Gasteiger partial charge in [0, 0.05) is 32.0 Å². The zero-order chi connectivity index (χ0) is 21.4. The zero-order valence-electron chi connectivity index (χ0n) is 17.0. The number of aromatic nitrogens is 6. The van der Waals surface area contributed by atoms with Crippen molar-refractivity contribution in [3.05, 3.63) is 58.1 Å². The Balaban J connectivity index is 1.64. The van der Waals surface area contributed by atoms with Gasteiger partial charge in [-0.15, -0.1) is 0 Å². The molecule has 3 aromatic heterocycles. The van der Waals surface area contributed by atoms with Gasteiger partial charge in [-0.1, -0.05) is 17.7 Å². The van der Waals surface area contributed by atoms with Crippen molar-refractivity contribution in [3.63, 3.8) is 0 Å². The minimum Gasteiger partial charge on any atom is -0.357 e. The zero-order valence-corrected chi connectivity index (χ0v) is 17.7. The molecule has 31 heavy (non-hydrogen) atoms. The summed E-state index contributed by atoms with van der Waals surface area (Å²) < 4.78 is 3.31. The fourth-order valence-electron chi connectivity index (χ4n) is 3.91. The molecule has 10 nitrogen and oxygen atoms in total. The average Bonchev–Trinajstić information content (AvgIpc) is 3.09. The molecular formula is C20H22ClN9O. The number of nitrogens with one attached hydrogen (secondary N) is 2. The molecule has 160 valence electrons. The lowest BCUT2D eigenvalue weighted by molar-refractivity contribution is 0.535. The van der Waals surface area contributed by atoms with Crippen molar-refractivity contribution in [2.75, 3.05) is 36.5 Å². The van der Waals surface area contributed by atoms with Gasteiger partial charge in [0.25, 0.3) is 5.56 Å². The molecule has 1 unspecified atom stereocenters. The van der Waals surface area contributed by atoms with Crippen LogP contribution in [-0.4, -0.2) is 55.4 Å². The molecule has 1 fully saturated rings. The van der Waals surface area contributed by atoms with E-state index in [4.69, 9.17) is 16.6 Å². The van der Waals surface area contributed by atoms with Crippen LogP contribution in [0, 0.1) is 0 Å². The summed E-state index contributed by atoms with van der Waals surface area (Å²) in [5.74, 6) is 1.15. The van der Waals surface area contributed by atoms with Gasteiger partial charge < -0.3 is 15.6 Å². The predicted octanol–water partition coefficient (Wildman–Crippen LogP) is 1.59. The van der Waals surface area contributed by atoms with Crippen molar-refractivity contribution in [2.45, 2.75) is 19.4 Å². The second-order valence-corrected chi connectivity index (χ2v) is 7.86. The van der Waals surface area contributed by atoms with Crippen LogP contribution in [0.4, 0.5) is 5.82 Å². The number of nitrogens with zero attached hydrogens (tertiary/aromatic N) is 7. The van der Waals surface area contributed by atoms with Gasteiger partial charge in [0.1, 0.15) is 6.33 Å². The quantitative estimate of drug-likeness (QED) is 0.494. The number of imidazole rings is 1. The van der Waals surface area contributed by atoms with Crippen LogP contribution >= 0.6 is 11.6 Å². The van der Waals surface area contributed by atoms with E-state index in [0.29, 0.717) is 39.8 Å².